The molecule has 0 saturated carbocycles. The molecule has 0 unspecified atom stereocenters. The number of aromatic nitrogens is 1. The fourth-order valence-corrected chi connectivity index (χ4v) is 4.24. The lowest BCUT2D eigenvalue weighted by Gasteiger charge is -2.31. The molecule has 2 aromatic heterocycles. The topological polar surface area (TPSA) is 102 Å². The minimum Gasteiger partial charge on any atom is -0.497 e. The third kappa shape index (κ3) is 5.05. The van der Waals surface area contributed by atoms with E-state index in [1.54, 1.807) is 36.4 Å². The van der Waals surface area contributed by atoms with Gasteiger partial charge < -0.3 is 19.4 Å². The second-order valence-corrected chi connectivity index (χ2v) is 8.21. The summed E-state index contributed by atoms with van der Waals surface area (Å²) >= 11 is 0. The average molecular weight is 450 g/mol. The van der Waals surface area contributed by atoms with Crippen LogP contribution in [0.1, 0.15) is 30.4 Å². The Hall–Kier alpha value is -3.68. The number of fused-ring (bicyclic) bond motifs is 1. The fraction of sp³-hybridized carbons (Fsp3) is 0.360. The highest BCUT2D eigenvalue weighted by molar-refractivity contribution is 5.92. The summed E-state index contributed by atoms with van der Waals surface area (Å²) in [5.41, 5.74) is 1.39. The molecule has 1 aliphatic heterocycles. The summed E-state index contributed by atoms with van der Waals surface area (Å²) in [4.78, 5) is 43.7. The molecule has 4 rings (SSSR count). The molecule has 3 aromatic rings. The molecule has 0 spiro atoms. The fourth-order valence-electron chi connectivity index (χ4n) is 4.24. The van der Waals surface area contributed by atoms with Crippen LogP contribution in [-0.2, 0) is 16.0 Å². The van der Waals surface area contributed by atoms with Crippen molar-refractivity contribution in [2.24, 2.45) is 5.92 Å². The molecule has 0 aliphatic carbocycles. The summed E-state index contributed by atoms with van der Waals surface area (Å²) in [5, 5.41) is 3.66. The smallest absolute Gasteiger partial charge is 0.339 e. The number of ether oxygens (including phenoxy) is 1. The van der Waals surface area contributed by atoms with Crippen LogP contribution in [0.3, 0.4) is 0 Å². The lowest BCUT2D eigenvalue weighted by Crippen LogP contribution is -2.41. The molecule has 0 atom stereocenters. The number of piperidine rings is 1. The molecule has 2 amide bonds. The predicted molar refractivity (Wildman–Crippen MR) is 124 cm³/mol. The predicted octanol–water partition coefficient (Wildman–Crippen LogP) is 3.31. The molecule has 1 aromatic carbocycles. The zero-order chi connectivity index (χ0) is 23.4. The van der Waals surface area contributed by atoms with Gasteiger partial charge in [0.15, 0.2) is 0 Å². The normalized spacial score (nSPS) is 14.3. The minimum atomic E-state index is -0.425. The van der Waals surface area contributed by atoms with Gasteiger partial charge in [-0.1, -0.05) is 6.07 Å². The first-order chi connectivity index (χ1) is 16.0. The number of methoxy groups -OCH3 is 1. The van der Waals surface area contributed by atoms with Crippen LogP contribution in [0.2, 0.25) is 0 Å². The number of likely N-dealkylation sites (tertiary alicyclic amines) is 1. The van der Waals surface area contributed by atoms with Crippen LogP contribution in [0.5, 0.6) is 5.75 Å². The first-order valence-corrected chi connectivity index (χ1v) is 11.1. The van der Waals surface area contributed by atoms with Crippen LogP contribution in [0, 0.1) is 12.8 Å². The summed E-state index contributed by atoms with van der Waals surface area (Å²) < 4.78 is 10.7. The van der Waals surface area contributed by atoms with E-state index in [1.165, 1.54) is 0 Å². The van der Waals surface area contributed by atoms with E-state index >= 15 is 0 Å². The van der Waals surface area contributed by atoms with Crippen LogP contribution >= 0.6 is 0 Å². The number of aryl methyl sites for hydroxylation is 1. The Labute approximate surface area is 191 Å². The maximum atomic E-state index is 12.8. The van der Waals surface area contributed by atoms with E-state index in [4.69, 9.17) is 9.15 Å². The maximum Gasteiger partial charge on any atom is 0.339 e. The Balaban J connectivity index is 1.34. The Morgan fingerprint density at radius 3 is 2.70 bits per heavy atom. The van der Waals surface area contributed by atoms with Crippen molar-refractivity contribution in [1.29, 1.82) is 0 Å². The van der Waals surface area contributed by atoms with Gasteiger partial charge in [0.05, 0.1) is 7.11 Å². The van der Waals surface area contributed by atoms with Crippen LogP contribution in [0.25, 0.3) is 11.0 Å². The van der Waals surface area contributed by atoms with Gasteiger partial charge in [0.1, 0.15) is 17.2 Å². The van der Waals surface area contributed by atoms with Crippen LogP contribution < -0.4 is 15.7 Å². The van der Waals surface area contributed by atoms with Crippen molar-refractivity contribution in [3.63, 3.8) is 0 Å². The lowest BCUT2D eigenvalue weighted by molar-refractivity contribution is -0.134. The molecule has 8 heteroatoms. The molecule has 0 bridgehead atoms. The molecule has 172 valence electrons. The number of nitrogens with zero attached hydrogens (tertiary/aromatic N) is 2. The Bertz CT molecular complexity index is 1210. The quantitative estimate of drug-likeness (QED) is 0.580. The van der Waals surface area contributed by atoms with E-state index in [0.717, 1.165) is 10.9 Å². The summed E-state index contributed by atoms with van der Waals surface area (Å²) in [6.45, 7) is 2.91. The standard InChI is InChI=1S/C25H27N3O5/c1-16-19-7-6-18(32-2)15-21(19)33-25(31)20(16)8-9-23(29)28-13-10-17(11-14-28)24(30)27-22-5-3-4-12-26-22/h3-7,12,15,17H,8-11,13-14H2,1-2H3,(H,26,27,30). The summed E-state index contributed by atoms with van der Waals surface area (Å²) in [5.74, 6) is 0.908. The van der Waals surface area contributed by atoms with Gasteiger partial charge in [-0.3, -0.25) is 9.59 Å². The van der Waals surface area contributed by atoms with Crippen molar-refractivity contribution >= 4 is 28.6 Å². The summed E-state index contributed by atoms with van der Waals surface area (Å²) in [7, 11) is 1.56. The van der Waals surface area contributed by atoms with Gasteiger partial charge in [0.25, 0.3) is 0 Å². The minimum absolute atomic E-state index is 0.0211. The number of hydrogen-bond acceptors (Lipinski definition) is 6. The van der Waals surface area contributed by atoms with Crippen molar-refractivity contribution in [3.05, 3.63) is 64.1 Å². The molecule has 1 aliphatic rings. The van der Waals surface area contributed by atoms with Crippen molar-refractivity contribution in [3.8, 4) is 5.75 Å². The number of anilines is 1. The van der Waals surface area contributed by atoms with Crippen LogP contribution in [0.15, 0.2) is 51.8 Å². The van der Waals surface area contributed by atoms with Gasteiger partial charge in [-0.15, -0.1) is 0 Å². The van der Waals surface area contributed by atoms with Gasteiger partial charge in [-0.2, -0.15) is 0 Å². The van der Waals surface area contributed by atoms with Gasteiger partial charge in [0.2, 0.25) is 11.8 Å². The highest BCUT2D eigenvalue weighted by Gasteiger charge is 2.27. The van der Waals surface area contributed by atoms with Crippen LogP contribution in [0.4, 0.5) is 5.82 Å². The highest BCUT2D eigenvalue weighted by Crippen LogP contribution is 2.25. The number of rotatable bonds is 6. The molecule has 0 radical (unpaired) electrons. The Morgan fingerprint density at radius 2 is 2.00 bits per heavy atom. The zero-order valence-corrected chi connectivity index (χ0v) is 18.8. The largest absolute Gasteiger partial charge is 0.497 e. The zero-order valence-electron chi connectivity index (χ0n) is 18.8. The van der Waals surface area contributed by atoms with E-state index < -0.39 is 5.63 Å². The Kier molecular flexibility index (Phi) is 6.72. The summed E-state index contributed by atoms with van der Waals surface area (Å²) in [6, 6.07) is 10.7. The van der Waals surface area contributed by atoms with Crippen molar-refractivity contribution < 1.29 is 18.7 Å². The first kappa shape index (κ1) is 22.5. The molecule has 8 nitrogen and oxygen atoms in total. The molecule has 1 N–H and O–H groups in total. The number of amides is 2. The van der Waals surface area contributed by atoms with Gasteiger partial charge in [0, 0.05) is 48.6 Å². The van der Waals surface area contributed by atoms with E-state index in [2.05, 4.69) is 10.3 Å². The average Bonchev–Trinajstić information content (AvgIpc) is 2.84. The number of carbonyl (C=O) groups is 2. The van der Waals surface area contributed by atoms with Gasteiger partial charge in [-0.25, -0.2) is 9.78 Å². The number of nitrogens with one attached hydrogen (secondary N) is 1. The third-order valence-electron chi connectivity index (χ3n) is 6.22. The monoisotopic (exact) mass is 449 g/mol. The lowest BCUT2D eigenvalue weighted by atomic mass is 9.95. The van der Waals surface area contributed by atoms with E-state index in [-0.39, 0.29) is 24.2 Å². The van der Waals surface area contributed by atoms with Crippen LogP contribution in [-0.4, -0.2) is 41.9 Å². The van der Waals surface area contributed by atoms with E-state index in [0.29, 0.717) is 55.1 Å². The second-order valence-electron chi connectivity index (χ2n) is 8.21. The molecule has 33 heavy (non-hydrogen) atoms. The van der Waals surface area contributed by atoms with Crippen molar-refractivity contribution in [2.75, 3.05) is 25.5 Å². The number of hydrogen-bond donors (Lipinski definition) is 1. The summed E-state index contributed by atoms with van der Waals surface area (Å²) in [6.07, 6.45) is 3.37. The number of pyridine rings is 1. The Morgan fingerprint density at radius 1 is 1.21 bits per heavy atom. The number of carbonyl (C=O) groups excluding carboxylic acids is 2. The second kappa shape index (κ2) is 9.85. The SMILES string of the molecule is COc1ccc2c(C)c(CCC(=O)N3CCC(C(=O)Nc4ccccn4)CC3)c(=O)oc2c1. The molecular weight excluding hydrogens is 422 g/mol. The highest BCUT2D eigenvalue weighted by atomic mass is 16.5. The number of benzene rings is 1. The molecule has 1 fully saturated rings. The van der Waals surface area contributed by atoms with E-state index in [1.807, 2.05) is 25.1 Å². The molecule has 1 saturated heterocycles. The van der Waals surface area contributed by atoms with E-state index in [9.17, 15) is 14.4 Å². The molecule has 3 heterocycles. The first-order valence-electron chi connectivity index (χ1n) is 11.1. The third-order valence-corrected chi connectivity index (χ3v) is 6.22. The maximum absolute atomic E-state index is 12.8. The van der Waals surface area contributed by atoms with Crippen molar-refractivity contribution in [1.82, 2.24) is 9.88 Å². The van der Waals surface area contributed by atoms with Gasteiger partial charge in [-0.05, 0) is 56.0 Å². The molecular formula is C25H27N3O5. The van der Waals surface area contributed by atoms with Crippen molar-refractivity contribution in [2.45, 2.75) is 32.6 Å². The van der Waals surface area contributed by atoms with Gasteiger partial charge >= 0.3 is 5.63 Å².